The van der Waals surface area contributed by atoms with Gasteiger partial charge in [0, 0.05) is 19.3 Å². The molecule has 0 aliphatic carbocycles. The zero-order chi connectivity index (χ0) is 24.8. The van der Waals surface area contributed by atoms with E-state index in [9.17, 15) is 14.4 Å². The van der Waals surface area contributed by atoms with E-state index >= 15 is 0 Å². The molecule has 0 unspecified atom stereocenters. The summed E-state index contributed by atoms with van der Waals surface area (Å²) in [5.74, 6) is 0.0986. The lowest BCUT2D eigenvalue weighted by molar-refractivity contribution is -0.134. The molecule has 2 aliphatic heterocycles. The first-order valence-electron chi connectivity index (χ1n) is 12.2. The van der Waals surface area contributed by atoms with Crippen molar-refractivity contribution in [1.82, 2.24) is 10.2 Å². The predicted octanol–water partition coefficient (Wildman–Crippen LogP) is 3.16. The number of hydrogen-bond acceptors (Lipinski definition) is 5. The number of nitrogens with one attached hydrogen (secondary N) is 2. The minimum atomic E-state index is -0.319. The Labute approximate surface area is 206 Å². The Bertz CT molecular complexity index is 1060. The molecule has 2 aromatic rings. The summed E-state index contributed by atoms with van der Waals surface area (Å²) in [6.07, 6.45) is 2.36. The fraction of sp³-hybridized carbons (Fsp3) is 0.444. The van der Waals surface area contributed by atoms with Gasteiger partial charge < -0.3 is 25.0 Å². The van der Waals surface area contributed by atoms with E-state index in [1.807, 2.05) is 37.3 Å². The van der Waals surface area contributed by atoms with Gasteiger partial charge in [-0.1, -0.05) is 37.3 Å². The number of benzene rings is 2. The van der Waals surface area contributed by atoms with E-state index in [1.165, 1.54) is 0 Å². The largest absolute Gasteiger partial charge is 0.490 e. The monoisotopic (exact) mass is 479 g/mol. The molecule has 8 nitrogen and oxygen atoms in total. The second-order valence-corrected chi connectivity index (χ2v) is 9.14. The van der Waals surface area contributed by atoms with Crippen LogP contribution in [0.15, 0.2) is 48.5 Å². The molecule has 0 aromatic heterocycles. The molecule has 8 heteroatoms. The van der Waals surface area contributed by atoms with Crippen molar-refractivity contribution >= 4 is 23.4 Å². The molecule has 2 aromatic carbocycles. The van der Waals surface area contributed by atoms with Gasteiger partial charge in [-0.05, 0) is 43.0 Å². The number of amides is 3. The Morgan fingerprint density at radius 3 is 2.66 bits per heavy atom. The maximum atomic E-state index is 13.4. The van der Waals surface area contributed by atoms with Crippen LogP contribution in [0, 0.1) is 0 Å². The van der Waals surface area contributed by atoms with Gasteiger partial charge in [0.05, 0.1) is 30.6 Å². The molecular weight excluding hydrogens is 446 g/mol. The quantitative estimate of drug-likeness (QED) is 0.636. The van der Waals surface area contributed by atoms with Crippen LogP contribution < -0.4 is 15.4 Å². The second kappa shape index (κ2) is 11.4. The Balaban J connectivity index is 1.43. The van der Waals surface area contributed by atoms with Gasteiger partial charge in [0.15, 0.2) is 0 Å². The van der Waals surface area contributed by atoms with Crippen LogP contribution in [-0.4, -0.2) is 61.1 Å². The molecule has 3 amide bonds. The lowest BCUT2D eigenvalue weighted by Gasteiger charge is -2.42. The van der Waals surface area contributed by atoms with Crippen LogP contribution in [-0.2, 0) is 20.7 Å². The molecule has 3 atom stereocenters. The van der Waals surface area contributed by atoms with E-state index in [-0.39, 0.29) is 49.0 Å². The summed E-state index contributed by atoms with van der Waals surface area (Å²) in [5, 5.41) is 5.77. The van der Waals surface area contributed by atoms with Crippen molar-refractivity contribution in [3.8, 4) is 5.75 Å². The normalized spacial score (nSPS) is 21.6. The van der Waals surface area contributed by atoms with Gasteiger partial charge in [0.2, 0.25) is 11.8 Å². The highest BCUT2D eigenvalue weighted by Gasteiger charge is 2.39. The number of ether oxygens (including phenoxy) is 2. The lowest BCUT2D eigenvalue weighted by Crippen LogP contribution is -2.54. The van der Waals surface area contributed by atoms with Gasteiger partial charge in [-0.3, -0.25) is 14.4 Å². The predicted molar refractivity (Wildman–Crippen MR) is 132 cm³/mol. The first-order valence-corrected chi connectivity index (χ1v) is 12.2. The van der Waals surface area contributed by atoms with Crippen molar-refractivity contribution in [2.24, 2.45) is 0 Å². The van der Waals surface area contributed by atoms with Crippen molar-refractivity contribution < 1.29 is 23.9 Å². The summed E-state index contributed by atoms with van der Waals surface area (Å²) >= 11 is 0. The molecule has 2 aliphatic rings. The SMILES string of the molecule is CCCNC(=O)C[C@H]1CC[C@H]2[C@@H](COc3ccc(NC(=O)Cc4ccccc4)cc3C(=O)N2C)O1. The molecule has 0 bridgehead atoms. The number of carbonyl (C=O) groups excluding carboxylic acids is 3. The maximum Gasteiger partial charge on any atom is 0.257 e. The van der Waals surface area contributed by atoms with Gasteiger partial charge in [-0.25, -0.2) is 0 Å². The van der Waals surface area contributed by atoms with E-state index in [2.05, 4.69) is 10.6 Å². The summed E-state index contributed by atoms with van der Waals surface area (Å²) in [6.45, 7) is 2.95. The highest BCUT2D eigenvalue weighted by molar-refractivity contribution is 6.00. The average Bonchev–Trinajstić information content (AvgIpc) is 2.86. The van der Waals surface area contributed by atoms with E-state index in [0.717, 1.165) is 18.4 Å². The molecule has 1 saturated heterocycles. The minimum Gasteiger partial charge on any atom is -0.490 e. The molecule has 4 rings (SSSR count). The summed E-state index contributed by atoms with van der Waals surface area (Å²) in [6, 6.07) is 14.5. The third kappa shape index (κ3) is 6.19. The maximum absolute atomic E-state index is 13.4. The number of likely N-dealkylation sites (N-methyl/N-ethyl adjacent to an activating group) is 1. The smallest absolute Gasteiger partial charge is 0.257 e. The Hall–Kier alpha value is -3.39. The van der Waals surface area contributed by atoms with E-state index in [0.29, 0.717) is 36.4 Å². The molecular formula is C27H33N3O5. The first-order chi connectivity index (χ1) is 16.9. The summed E-state index contributed by atoms with van der Waals surface area (Å²) < 4.78 is 12.2. The third-order valence-electron chi connectivity index (χ3n) is 6.49. The lowest BCUT2D eigenvalue weighted by atomic mass is 9.94. The van der Waals surface area contributed by atoms with E-state index < -0.39 is 0 Å². The van der Waals surface area contributed by atoms with Crippen LogP contribution in [0.4, 0.5) is 5.69 Å². The second-order valence-electron chi connectivity index (χ2n) is 9.14. The average molecular weight is 480 g/mol. The molecule has 0 saturated carbocycles. The van der Waals surface area contributed by atoms with Crippen molar-refractivity contribution in [3.05, 3.63) is 59.7 Å². The number of rotatable bonds is 7. The summed E-state index contributed by atoms with van der Waals surface area (Å²) in [5.41, 5.74) is 1.87. The van der Waals surface area contributed by atoms with Crippen LogP contribution in [0.2, 0.25) is 0 Å². The van der Waals surface area contributed by atoms with Gasteiger partial charge in [0.1, 0.15) is 18.5 Å². The standard InChI is InChI=1S/C27H33N3O5/c1-3-13-28-25(31)16-20-10-11-22-24(35-20)17-34-23-12-9-19(15-21(23)27(33)30(22)2)29-26(32)14-18-7-5-4-6-8-18/h4-9,12,15,20,22,24H,3,10-11,13-14,16-17H2,1-2H3,(H,28,31)(H,29,32)/t20-,22+,24-/m1/s1. The molecule has 2 heterocycles. The van der Waals surface area contributed by atoms with Crippen molar-refractivity contribution in [2.45, 2.75) is 57.3 Å². The van der Waals surface area contributed by atoms with Crippen LogP contribution in [0.5, 0.6) is 5.75 Å². The van der Waals surface area contributed by atoms with Crippen molar-refractivity contribution in [2.75, 3.05) is 25.5 Å². The van der Waals surface area contributed by atoms with Crippen LogP contribution in [0.3, 0.4) is 0 Å². The van der Waals surface area contributed by atoms with Crippen LogP contribution >= 0.6 is 0 Å². The van der Waals surface area contributed by atoms with Crippen LogP contribution in [0.1, 0.15) is 48.5 Å². The highest BCUT2D eigenvalue weighted by atomic mass is 16.5. The fourth-order valence-electron chi connectivity index (χ4n) is 4.64. The van der Waals surface area contributed by atoms with E-state index in [1.54, 1.807) is 30.1 Å². The Kier molecular flexibility index (Phi) is 8.02. The van der Waals surface area contributed by atoms with Crippen molar-refractivity contribution in [1.29, 1.82) is 0 Å². The molecule has 0 spiro atoms. The molecule has 1 fully saturated rings. The number of carbonyl (C=O) groups is 3. The van der Waals surface area contributed by atoms with E-state index in [4.69, 9.17) is 9.47 Å². The first kappa shape index (κ1) is 24.7. The zero-order valence-corrected chi connectivity index (χ0v) is 20.3. The van der Waals surface area contributed by atoms with Gasteiger partial charge >= 0.3 is 0 Å². The number of fused-ring (bicyclic) bond motifs is 2. The Morgan fingerprint density at radius 1 is 1.09 bits per heavy atom. The van der Waals surface area contributed by atoms with Crippen molar-refractivity contribution in [3.63, 3.8) is 0 Å². The minimum absolute atomic E-state index is 0.0151. The topological polar surface area (TPSA) is 97.0 Å². The molecule has 186 valence electrons. The summed E-state index contributed by atoms with van der Waals surface area (Å²) in [4.78, 5) is 39.7. The Morgan fingerprint density at radius 2 is 1.89 bits per heavy atom. The summed E-state index contributed by atoms with van der Waals surface area (Å²) in [7, 11) is 1.77. The zero-order valence-electron chi connectivity index (χ0n) is 20.3. The molecule has 2 N–H and O–H groups in total. The highest BCUT2D eigenvalue weighted by Crippen LogP contribution is 2.32. The fourth-order valence-corrected chi connectivity index (χ4v) is 4.64. The molecule has 35 heavy (non-hydrogen) atoms. The van der Waals surface area contributed by atoms with Crippen LogP contribution in [0.25, 0.3) is 0 Å². The third-order valence-corrected chi connectivity index (χ3v) is 6.49. The number of hydrogen-bond donors (Lipinski definition) is 2. The number of nitrogens with zero attached hydrogens (tertiary/aromatic N) is 1. The van der Waals surface area contributed by atoms with Gasteiger partial charge in [0.25, 0.3) is 5.91 Å². The number of anilines is 1. The van der Waals surface area contributed by atoms with Gasteiger partial charge in [-0.15, -0.1) is 0 Å². The molecule has 0 radical (unpaired) electrons. The van der Waals surface area contributed by atoms with Gasteiger partial charge in [-0.2, -0.15) is 0 Å².